The number of piperidine rings is 1. The summed E-state index contributed by atoms with van der Waals surface area (Å²) < 4.78 is 0. The van der Waals surface area contributed by atoms with Crippen LogP contribution in [0.2, 0.25) is 0 Å². The number of hydrogen-bond acceptors (Lipinski definition) is 5. The fourth-order valence-electron chi connectivity index (χ4n) is 5.32. The number of likely N-dealkylation sites (tertiary alicyclic amines) is 1. The van der Waals surface area contributed by atoms with E-state index in [4.69, 9.17) is 5.73 Å². The Balaban J connectivity index is 1.79. The molecule has 3 fully saturated rings. The molecule has 0 bridgehead atoms. The molecule has 6 atom stereocenters. The van der Waals surface area contributed by atoms with Gasteiger partial charge in [-0.3, -0.25) is 14.4 Å². The van der Waals surface area contributed by atoms with E-state index >= 15 is 0 Å². The Labute approximate surface area is 185 Å². The Morgan fingerprint density at radius 1 is 1.23 bits per heavy atom. The van der Waals surface area contributed by atoms with Gasteiger partial charge in [-0.15, -0.1) is 0 Å². The van der Waals surface area contributed by atoms with Crippen molar-refractivity contribution >= 4 is 17.7 Å². The maximum atomic E-state index is 13.5. The summed E-state index contributed by atoms with van der Waals surface area (Å²) in [5.41, 5.74) is 5.81. The van der Waals surface area contributed by atoms with Crippen LogP contribution in [0.1, 0.15) is 60.3 Å². The predicted molar refractivity (Wildman–Crippen MR) is 118 cm³/mol. The van der Waals surface area contributed by atoms with E-state index in [1.54, 1.807) is 4.90 Å². The second-order valence-corrected chi connectivity index (χ2v) is 11.4. The summed E-state index contributed by atoms with van der Waals surface area (Å²) in [6.45, 7) is 10.5. The topological polar surface area (TPSA) is 125 Å². The summed E-state index contributed by atoms with van der Waals surface area (Å²) in [4.78, 5) is 40.4. The van der Waals surface area contributed by atoms with E-state index in [1.165, 1.54) is 7.05 Å². The Bertz CT molecular complexity index is 728. The number of amides is 3. The van der Waals surface area contributed by atoms with E-state index in [0.29, 0.717) is 18.9 Å². The van der Waals surface area contributed by atoms with Crippen LogP contribution in [-0.2, 0) is 14.4 Å². The van der Waals surface area contributed by atoms with Gasteiger partial charge >= 0.3 is 0 Å². The zero-order valence-electron chi connectivity index (χ0n) is 19.8. The molecule has 1 saturated heterocycles. The molecule has 2 unspecified atom stereocenters. The maximum absolute atomic E-state index is 13.5. The highest BCUT2D eigenvalue weighted by atomic mass is 16.3. The summed E-state index contributed by atoms with van der Waals surface area (Å²) in [5, 5.41) is 16.0. The molecule has 1 heterocycles. The molecule has 31 heavy (non-hydrogen) atoms. The smallest absolute Gasteiger partial charge is 0.250 e. The van der Waals surface area contributed by atoms with Crippen molar-refractivity contribution in [2.24, 2.45) is 34.3 Å². The summed E-state index contributed by atoms with van der Waals surface area (Å²) in [6, 6.07) is -2.00. The zero-order chi connectivity index (χ0) is 23.3. The predicted octanol–water partition coefficient (Wildman–Crippen LogP) is 0.625. The molecule has 0 aromatic rings. The van der Waals surface area contributed by atoms with Crippen LogP contribution in [0.4, 0.5) is 0 Å². The molecule has 1 aliphatic heterocycles. The Hall–Kier alpha value is -1.67. The minimum Gasteiger partial charge on any atom is -0.381 e. The van der Waals surface area contributed by atoms with Gasteiger partial charge in [0.05, 0.1) is 12.1 Å². The molecular formula is C23H40N4O4. The molecule has 8 heteroatoms. The molecule has 3 aliphatic rings. The minimum atomic E-state index is -1.32. The van der Waals surface area contributed by atoms with Gasteiger partial charge in [-0.25, -0.2) is 0 Å². The first-order valence-electron chi connectivity index (χ1n) is 11.6. The third-order valence-electron chi connectivity index (χ3n) is 8.00. The summed E-state index contributed by atoms with van der Waals surface area (Å²) in [5.74, 6) is -0.301. The maximum Gasteiger partial charge on any atom is 0.250 e. The Kier molecular flexibility index (Phi) is 6.46. The number of rotatable bonds is 7. The average molecular weight is 437 g/mol. The van der Waals surface area contributed by atoms with Crippen molar-refractivity contribution in [3.8, 4) is 0 Å². The molecule has 3 amide bonds. The zero-order valence-corrected chi connectivity index (χ0v) is 19.8. The van der Waals surface area contributed by atoms with Crippen molar-refractivity contribution in [3.05, 3.63) is 0 Å². The number of carbonyl (C=O) groups is 3. The second-order valence-electron chi connectivity index (χ2n) is 11.4. The van der Waals surface area contributed by atoms with Crippen LogP contribution in [0.3, 0.4) is 0 Å². The fourth-order valence-corrected chi connectivity index (χ4v) is 5.32. The minimum absolute atomic E-state index is 0.0203. The lowest BCUT2D eigenvalue weighted by Gasteiger charge is -2.37. The van der Waals surface area contributed by atoms with Gasteiger partial charge in [-0.1, -0.05) is 53.9 Å². The number of carbonyl (C=O) groups excluding carboxylic acids is 3. The molecule has 3 rings (SSSR count). The highest BCUT2D eigenvalue weighted by Crippen LogP contribution is 2.65. The highest BCUT2D eigenvalue weighted by Gasteiger charge is 2.69. The van der Waals surface area contributed by atoms with Gasteiger partial charge in [0.25, 0.3) is 5.91 Å². The van der Waals surface area contributed by atoms with Crippen LogP contribution in [0.5, 0.6) is 0 Å². The molecule has 2 saturated carbocycles. The first-order valence-corrected chi connectivity index (χ1v) is 11.6. The van der Waals surface area contributed by atoms with Gasteiger partial charge in [0.15, 0.2) is 6.10 Å². The molecule has 2 aliphatic carbocycles. The van der Waals surface area contributed by atoms with Gasteiger partial charge in [0, 0.05) is 13.6 Å². The number of aliphatic hydroxyl groups excluding tert-OH is 1. The second kappa shape index (κ2) is 8.35. The Morgan fingerprint density at radius 2 is 1.84 bits per heavy atom. The van der Waals surface area contributed by atoms with Crippen molar-refractivity contribution < 1.29 is 19.5 Å². The molecule has 0 aromatic carbocycles. The first-order chi connectivity index (χ1) is 14.3. The van der Waals surface area contributed by atoms with Crippen molar-refractivity contribution in [2.45, 2.75) is 84.5 Å². The standard InChI is InChI=1S/C23H40N4O4/c1-22(2,3)18(24)21(31)27-11-13-15(23(13,4)5)16(27)19(29)26-14(10-12-8-7-9-12)17(28)20(30)25-6/h12-18,28H,7-11,24H2,1-6H3,(H,25,30)(H,26,29)/t13-,14?,15-,16-,17?,18+/m0/s1. The number of nitrogens with two attached hydrogens (primary N) is 1. The van der Waals surface area contributed by atoms with Crippen LogP contribution in [0.25, 0.3) is 0 Å². The van der Waals surface area contributed by atoms with E-state index in [9.17, 15) is 19.5 Å². The molecule has 0 radical (unpaired) electrons. The van der Waals surface area contributed by atoms with Gasteiger partial charge in [0.1, 0.15) is 6.04 Å². The van der Waals surface area contributed by atoms with Crippen molar-refractivity contribution in [1.29, 1.82) is 0 Å². The van der Waals surface area contributed by atoms with Crippen LogP contribution in [-0.4, -0.2) is 65.5 Å². The Morgan fingerprint density at radius 3 is 2.32 bits per heavy atom. The van der Waals surface area contributed by atoms with Crippen LogP contribution in [0.15, 0.2) is 0 Å². The molecular weight excluding hydrogens is 396 g/mol. The third kappa shape index (κ3) is 4.46. The lowest BCUT2D eigenvalue weighted by atomic mass is 9.79. The first kappa shape index (κ1) is 24.0. The van der Waals surface area contributed by atoms with Gasteiger partial charge in [-0.05, 0) is 35.0 Å². The SMILES string of the molecule is CNC(=O)C(O)C(CC1CCC1)NC(=O)[C@@H]1[C@@H]2[C@H](CN1C(=O)[C@@H](N)C(C)(C)C)C2(C)C. The van der Waals surface area contributed by atoms with Crippen molar-refractivity contribution in [1.82, 2.24) is 15.5 Å². The van der Waals surface area contributed by atoms with E-state index in [1.807, 2.05) is 20.8 Å². The fraction of sp³-hybridized carbons (Fsp3) is 0.870. The van der Waals surface area contributed by atoms with E-state index in [-0.39, 0.29) is 29.1 Å². The monoisotopic (exact) mass is 436 g/mol. The lowest BCUT2D eigenvalue weighted by molar-refractivity contribution is -0.144. The largest absolute Gasteiger partial charge is 0.381 e. The molecule has 176 valence electrons. The molecule has 5 N–H and O–H groups in total. The van der Waals surface area contributed by atoms with Crippen LogP contribution < -0.4 is 16.4 Å². The highest BCUT2D eigenvalue weighted by molar-refractivity contribution is 5.92. The normalized spacial score (nSPS) is 29.9. The molecule has 0 spiro atoms. The summed E-state index contributed by atoms with van der Waals surface area (Å²) in [7, 11) is 1.47. The van der Waals surface area contributed by atoms with E-state index in [0.717, 1.165) is 19.3 Å². The number of nitrogens with one attached hydrogen (secondary N) is 2. The average Bonchev–Trinajstić information content (AvgIpc) is 3.02. The number of likely N-dealkylation sites (N-methyl/N-ethyl adjacent to an activating group) is 1. The van der Waals surface area contributed by atoms with Gasteiger partial charge < -0.3 is 26.4 Å². The number of hydrogen-bond donors (Lipinski definition) is 4. The van der Waals surface area contributed by atoms with Crippen LogP contribution in [0, 0.1) is 28.6 Å². The van der Waals surface area contributed by atoms with E-state index < -0.39 is 35.6 Å². The quantitative estimate of drug-likeness (QED) is 0.466. The summed E-state index contributed by atoms with van der Waals surface area (Å²) >= 11 is 0. The van der Waals surface area contributed by atoms with E-state index in [2.05, 4.69) is 24.5 Å². The van der Waals surface area contributed by atoms with Crippen LogP contribution >= 0.6 is 0 Å². The third-order valence-corrected chi connectivity index (χ3v) is 8.00. The van der Waals surface area contributed by atoms with Crippen molar-refractivity contribution in [2.75, 3.05) is 13.6 Å². The van der Waals surface area contributed by atoms with Gasteiger partial charge in [0.2, 0.25) is 11.8 Å². The number of aliphatic hydroxyl groups is 1. The summed E-state index contributed by atoms with van der Waals surface area (Å²) in [6.07, 6.45) is 2.45. The lowest BCUT2D eigenvalue weighted by Crippen LogP contribution is -2.59. The molecule has 8 nitrogen and oxygen atoms in total. The van der Waals surface area contributed by atoms with Crippen molar-refractivity contribution in [3.63, 3.8) is 0 Å². The molecule has 0 aromatic heterocycles. The number of nitrogens with zero attached hydrogens (tertiary/aromatic N) is 1. The van der Waals surface area contributed by atoms with Gasteiger partial charge in [-0.2, -0.15) is 0 Å². The number of fused-ring (bicyclic) bond motifs is 1.